The molecular weight excluding hydrogens is 265 g/mol. The first kappa shape index (κ1) is 17.6. The zero-order valence-corrected chi connectivity index (χ0v) is 11.7. The van der Waals surface area contributed by atoms with Gasteiger partial charge in [0.2, 0.25) is 0 Å². The lowest BCUT2D eigenvalue weighted by atomic mass is 10.1. The van der Waals surface area contributed by atoms with E-state index in [4.69, 9.17) is 0 Å². The standard InChI is InChI=1S/C12H21F3O2S/c1-3-4-5-7-10(11(16)17-2)18-9-6-8-12(13,14)15/h10H,3-9H2,1-2H3. The molecule has 0 saturated carbocycles. The van der Waals surface area contributed by atoms with Crippen LogP contribution in [0.15, 0.2) is 0 Å². The van der Waals surface area contributed by atoms with Crippen LogP contribution in [0.1, 0.15) is 45.4 Å². The van der Waals surface area contributed by atoms with Gasteiger partial charge in [0, 0.05) is 6.42 Å². The van der Waals surface area contributed by atoms with Crippen molar-refractivity contribution in [2.45, 2.75) is 56.9 Å². The summed E-state index contributed by atoms with van der Waals surface area (Å²) in [6.45, 7) is 2.06. The highest BCUT2D eigenvalue weighted by molar-refractivity contribution is 8.00. The monoisotopic (exact) mass is 286 g/mol. The van der Waals surface area contributed by atoms with Crippen LogP contribution in [-0.4, -0.2) is 30.3 Å². The minimum Gasteiger partial charge on any atom is -0.468 e. The van der Waals surface area contributed by atoms with Crippen LogP contribution in [-0.2, 0) is 9.53 Å². The van der Waals surface area contributed by atoms with Gasteiger partial charge >= 0.3 is 12.1 Å². The number of esters is 1. The summed E-state index contributed by atoms with van der Waals surface area (Å²) in [4.78, 5) is 11.4. The molecule has 0 aromatic rings. The second-order valence-corrected chi connectivity index (χ2v) is 5.41. The van der Waals surface area contributed by atoms with Crippen LogP contribution in [0, 0.1) is 0 Å². The predicted octanol–water partition coefficient (Wildman–Crippen LogP) is 4.18. The number of carbonyl (C=O) groups is 1. The van der Waals surface area contributed by atoms with Gasteiger partial charge in [-0.1, -0.05) is 26.2 Å². The Bertz CT molecular complexity index is 232. The molecule has 0 aliphatic rings. The van der Waals surface area contributed by atoms with Gasteiger partial charge in [0.25, 0.3) is 0 Å². The lowest BCUT2D eigenvalue weighted by Crippen LogP contribution is -2.19. The molecule has 0 aromatic carbocycles. The van der Waals surface area contributed by atoms with Crippen molar-refractivity contribution in [1.29, 1.82) is 0 Å². The third-order valence-corrected chi connectivity index (χ3v) is 3.81. The summed E-state index contributed by atoms with van der Waals surface area (Å²) in [6.07, 6.45) is -1.19. The third kappa shape index (κ3) is 9.62. The van der Waals surface area contributed by atoms with E-state index >= 15 is 0 Å². The van der Waals surface area contributed by atoms with Crippen molar-refractivity contribution in [2.75, 3.05) is 12.9 Å². The fourth-order valence-corrected chi connectivity index (χ4v) is 2.64. The highest BCUT2D eigenvalue weighted by atomic mass is 32.2. The summed E-state index contributed by atoms with van der Waals surface area (Å²) < 4.78 is 40.5. The van der Waals surface area contributed by atoms with Crippen molar-refractivity contribution >= 4 is 17.7 Å². The van der Waals surface area contributed by atoms with Crippen LogP contribution in [0.25, 0.3) is 0 Å². The van der Waals surface area contributed by atoms with Crippen molar-refractivity contribution in [3.8, 4) is 0 Å². The number of alkyl halides is 3. The van der Waals surface area contributed by atoms with E-state index in [9.17, 15) is 18.0 Å². The minimum absolute atomic E-state index is 0.0510. The second kappa shape index (κ2) is 9.53. The number of unbranched alkanes of at least 4 members (excludes halogenated alkanes) is 2. The van der Waals surface area contributed by atoms with Crippen LogP contribution < -0.4 is 0 Å². The maximum atomic E-state index is 12.0. The maximum absolute atomic E-state index is 12.0. The first-order valence-corrected chi connectivity index (χ1v) is 7.21. The molecule has 0 heterocycles. The summed E-state index contributed by atoms with van der Waals surface area (Å²) in [6, 6.07) is 0. The molecule has 18 heavy (non-hydrogen) atoms. The summed E-state index contributed by atoms with van der Waals surface area (Å²) in [5.41, 5.74) is 0. The average Bonchev–Trinajstić information content (AvgIpc) is 2.30. The Hall–Kier alpha value is -0.390. The van der Waals surface area contributed by atoms with E-state index in [0.717, 1.165) is 19.3 Å². The molecule has 0 aliphatic heterocycles. The SMILES string of the molecule is CCCCCC(SCCCC(F)(F)F)C(=O)OC. The lowest BCUT2D eigenvalue weighted by molar-refractivity contribution is -0.140. The zero-order chi connectivity index (χ0) is 14.0. The molecule has 1 atom stereocenters. The van der Waals surface area contributed by atoms with Gasteiger partial charge in [0.05, 0.1) is 7.11 Å². The van der Waals surface area contributed by atoms with Crippen molar-refractivity contribution in [2.24, 2.45) is 0 Å². The van der Waals surface area contributed by atoms with E-state index in [0.29, 0.717) is 12.2 Å². The van der Waals surface area contributed by atoms with E-state index in [2.05, 4.69) is 11.7 Å². The third-order valence-electron chi connectivity index (χ3n) is 2.46. The summed E-state index contributed by atoms with van der Waals surface area (Å²) in [5.74, 6) is 0.00824. The molecular formula is C12H21F3O2S. The minimum atomic E-state index is -4.11. The Kier molecular flexibility index (Phi) is 9.32. The first-order valence-electron chi connectivity index (χ1n) is 6.17. The second-order valence-electron chi connectivity index (χ2n) is 4.10. The smallest absolute Gasteiger partial charge is 0.389 e. The topological polar surface area (TPSA) is 26.3 Å². The first-order chi connectivity index (χ1) is 8.40. The molecule has 0 radical (unpaired) electrons. The molecule has 0 amide bonds. The van der Waals surface area contributed by atoms with E-state index in [1.807, 2.05) is 0 Å². The van der Waals surface area contributed by atoms with Gasteiger partial charge in [0.1, 0.15) is 5.25 Å². The number of ether oxygens (including phenoxy) is 1. The molecule has 0 spiro atoms. The Morgan fingerprint density at radius 3 is 2.44 bits per heavy atom. The Balaban J connectivity index is 3.90. The molecule has 0 N–H and O–H groups in total. The molecule has 0 aliphatic carbocycles. The summed E-state index contributed by atoms with van der Waals surface area (Å²) in [7, 11) is 1.31. The van der Waals surface area contributed by atoms with Crippen molar-refractivity contribution in [1.82, 2.24) is 0 Å². The summed E-state index contributed by atoms with van der Waals surface area (Å²) >= 11 is 1.27. The van der Waals surface area contributed by atoms with Crippen molar-refractivity contribution in [3.05, 3.63) is 0 Å². The van der Waals surface area contributed by atoms with Crippen LogP contribution >= 0.6 is 11.8 Å². The number of rotatable bonds is 9. The van der Waals surface area contributed by atoms with Crippen LogP contribution in [0.3, 0.4) is 0 Å². The van der Waals surface area contributed by atoms with Gasteiger partial charge in [-0.2, -0.15) is 13.2 Å². The highest BCUT2D eigenvalue weighted by Gasteiger charge is 2.26. The number of hydrogen-bond donors (Lipinski definition) is 0. The quantitative estimate of drug-likeness (QED) is 0.470. The van der Waals surface area contributed by atoms with Gasteiger partial charge < -0.3 is 4.74 Å². The van der Waals surface area contributed by atoms with E-state index in [-0.39, 0.29) is 17.6 Å². The molecule has 0 bridgehead atoms. The van der Waals surface area contributed by atoms with Gasteiger partial charge in [-0.05, 0) is 18.6 Å². The Morgan fingerprint density at radius 2 is 1.94 bits per heavy atom. The maximum Gasteiger partial charge on any atom is 0.389 e. The Labute approximate surface area is 111 Å². The molecule has 6 heteroatoms. The summed E-state index contributed by atoms with van der Waals surface area (Å²) in [5, 5.41) is -0.324. The number of carbonyl (C=O) groups excluding carboxylic acids is 1. The van der Waals surface area contributed by atoms with Crippen LogP contribution in [0.5, 0.6) is 0 Å². The van der Waals surface area contributed by atoms with Crippen molar-refractivity contribution in [3.63, 3.8) is 0 Å². The molecule has 2 nitrogen and oxygen atoms in total. The fraction of sp³-hybridized carbons (Fsp3) is 0.917. The van der Waals surface area contributed by atoms with Crippen LogP contribution in [0.2, 0.25) is 0 Å². The predicted molar refractivity (Wildman–Crippen MR) is 67.7 cm³/mol. The number of hydrogen-bond acceptors (Lipinski definition) is 3. The molecule has 0 saturated heterocycles. The lowest BCUT2D eigenvalue weighted by Gasteiger charge is -2.14. The largest absolute Gasteiger partial charge is 0.468 e. The van der Waals surface area contributed by atoms with Gasteiger partial charge in [-0.15, -0.1) is 11.8 Å². The average molecular weight is 286 g/mol. The number of methoxy groups -OCH3 is 1. The Morgan fingerprint density at radius 1 is 1.28 bits per heavy atom. The molecule has 0 rings (SSSR count). The number of thioether (sulfide) groups is 1. The van der Waals surface area contributed by atoms with Gasteiger partial charge in [0.15, 0.2) is 0 Å². The van der Waals surface area contributed by atoms with Gasteiger partial charge in [-0.25, -0.2) is 0 Å². The normalized spacial score (nSPS) is 13.4. The van der Waals surface area contributed by atoms with E-state index < -0.39 is 12.6 Å². The number of halogens is 3. The van der Waals surface area contributed by atoms with E-state index in [1.165, 1.54) is 18.9 Å². The molecule has 1 unspecified atom stereocenters. The molecule has 108 valence electrons. The van der Waals surface area contributed by atoms with E-state index in [1.54, 1.807) is 0 Å². The molecule has 0 aromatic heterocycles. The fourth-order valence-electron chi connectivity index (χ4n) is 1.48. The molecule has 0 fully saturated rings. The van der Waals surface area contributed by atoms with Crippen LogP contribution in [0.4, 0.5) is 13.2 Å². The van der Waals surface area contributed by atoms with Crippen molar-refractivity contribution < 1.29 is 22.7 Å². The van der Waals surface area contributed by atoms with Gasteiger partial charge in [-0.3, -0.25) is 4.79 Å². The highest BCUT2D eigenvalue weighted by Crippen LogP contribution is 2.25. The zero-order valence-electron chi connectivity index (χ0n) is 10.9.